The molecule has 4 heteroatoms. The fourth-order valence-corrected chi connectivity index (χ4v) is 3.32. The Morgan fingerprint density at radius 3 is 2.79 bits per heavy atom. The van der Waals surface area contributed by atoms with Crippen LogP contribution in [0.3, 0.4) is 0 Å². The topological polar surface area (TPSA) is 69.9 Å². The lowest BCUT2D eigenvalue weighted by Crippen LogP contribution is -2.10. The van der Waals surface area contributed by atoms with Crippen LogP contribution in [0.4, 0.5) is 11.4 Å². The van der Waals surface area contributed by atoms with E-state index >= 15 is 0 Å². The van der Waals surface area contributed by atoms with Crippen LogP contribution >= 0.6 is 0 Å². The van der Waals surface area contributed by atoms with E-state index in [4.69, 9.17) is 11.5 Å². The number of aryl methyl sites for hydroxylation is 1. The van der Waals surface area contributed by atoms with E-state index in [0.717, 1.165) is 24.2 Å². The molecule has 0 radical (unpaired) electrons. The standard InChI is InChI=1S/C15H18N4/c16-12-5-4-11(14(15(12)17)9-1-2-9)13-6-3-10-7-18-8-19(10)13/h4-5,7-9,13H,1-3,6,16-17H2. The van der Waals surface area contributed by atoms with Crippen LogP contribution in [0.15, 0.2) is 24.7 Å². The van der Waals surface area contributed by atoms with Gasteiger partial charge in [0.2, 0.25) is 0 Å². The molecule has 1 atom stereocenters. The van der Waals surface area contributed by atoms with Gasteiger partial charge >= 0.3 is 0 Å². The van der Waals surface area contributed by atoms with Crippen molar-refractivity contribution in [1.82, 2.24) is 9.55 Å². The molecule has 0 spiro atoms. The Labute approximate surface area is 112 Å². The van der Waals surface area contributed by atoms with E-state index in [1.807, 2.05) is 18.6 Å². The number of benzene rings is 1. The average molecular weight is 254 g/mol. The molecule has 2 heterocycles. The van der Waals surface area contributed by atoms with Gasteiger partial charge in [0.05, 0.1) is 23.7 Å². The highest BCUT2D eigenvalue weighted by Crippen LogP contribution is 2.49. The van der Waals surface area contributed by atoms with Crippen LogP contribution in [0, 0.1) is 0 Å². The lowest BCUT2D eigenvalue weighted by molar-refractivity contribution is 0.610. The summed E-state index contributed by atoms with van der Waals surface area (Å²) in [6.45, 7) is 0. The van der Waals surface area contributed by atoms with Crippen LogP contribution in [0.5, 0.6) is 0 Å². The van der Waals surface area contributed by atoms with Crippen molar-refractivity contribution in [3.63, 3.8) is 0 Å². The molecule has 1 aromatic heterocycles. The van der Waals surface area contributed by atoms with E-state index in [2.05, 4.69) is 15.6 Å². The molecule has 1 aliphatic heterocycles. The molecule has 4 nitrogen and oxygen atoms in total. The van der Waals surface area contributed by atoms with Gasteiger partial charge in [0.15, 0.2) is 0 Å². The van der Waals surface area contributed by atoms with E-state index in [9.17, 15) is 0 Å². The van der Waals surface area contributed by atoms with E-state index in [1.165, 1.54) is 29.7 Å². The smallest absolute Gasteiger partial charge is 0.0953 e. The summed E-state index contributed by atoms with van der Waals surface area (Å²) < 4.78 is 2.29. The Morgan fingerprint density at radius 2 is 2.00 bits per heavy atom. The fraction of sp³-hybridized carbons (Fsp3) is 0.400. The van der Waals surface area contributed by atoms with Gasteiger partial charge in [0, 0.05) is 11.9 Å². The van der Waals surface area contributed by atoms with Crippen molar-refractivity contribution in [2.75, 3.05) is 11.5 Å². The van der Waals surface area contributed by atoms with Crippen molar-refractivity contribution in [2.45, 2.75) is 37.6 Å². The quantitative estimate of drug-likeness (QED) is 0.809. The molecule has 0 saturated heterocycles. The summed E-state index contributed by atoms with van der Waals surface area (Å²) in [5.74, 6) is 0.617. The zero-order valence-corrected chi connectivity index (χ0v) is 10.8. The molecule has 19 heavy (non-hydrogen) atoms. The Bertz CT molecular complexity index is 640. The normalized spacial score (nSPS) is 21.6. The van der Waals surface area contributed by atoms with Crippen molar-refractivity contribution in [3.8, 4) is 0 Å². The first-order valence-corrected chi connectivity index (χ1v) is 6.94. The lowest BCUT2D eigenvalue weighted by atomic mass is 9.93. The summed E-state index contributed by atoms with van der Waals surface area (Å²) in [5, 5.41) is 0. The SMILES string of the molecule is Nc1ccc(C2CCc3cncn32)c(C2CC2)c1N. The minimum atomic E-state index is 0.385. The molecule has 98 valence electrons. The van der Waals surface area contributed by atoms with Crippen molar-refractivity contribution >= 4 is 11.4 Å². The minimum Gasteiger partial charge on any atom is -0.397 e. The van der Waals surface area contributed by atoms with Crippen LogP contribution in [-0.4, -0.2) is 9.55 Å². The van der Waals surface area contributed by atoms with Crippen LogP contribution in [0.25, 0.3) is 0 Å². The Morgan fingerprint density at radius 1 is 1.16 bits per heavy atom. The number of nitrogens with zero attached hydrogens (tertiary/aromatic N) is 2. The molecule has 1 unspecified atom stereocenters. The van der Waals surface area contributed by atoms with Gasteiger partial charge in [-0.3, -0.25) is 0 Å². The summed E-state index contributed by atoms with van der Waals surface area (Å²) in [6, 6.07) is 4.50. The molecule has 4 N–H and O–H groups in total. The molecule has 1 fully saturated rings. The molecule has 0 bridgehead atoms. The average Bonchev–Trinajstić information content (AvgIpc) is 2.98. The summed E-state index contributed by atoms with van der Waals surface area (Å²) in [7, 11) is 0. The first-order valence-electron chi connectivity index (χ1n) is 6.94. The summed E-state index contributed by atoms with van der Waals surface area (Å²) in [6.07, 6.45) is 8.63. The van der Waals surface area contributed by atoms with Crippen molar-refractivity contribution in [1.29, 1.82) is 0 Å². The van der Waals surface area contributed by atoms with Crippen LogP contribution in [-0.2, 0) is 6.42 Å². The van der Waals surface area contributed by atoms with Gasteiger partial charge in [-0.25, -0.2) is 4.98 Å². The first-order chi connectivity index (χ1) is 9.25. The zero-order chi connectivity index (χ0) is 13.0. The third-order valence-corrected chi connectivity index (χ3v) is 4.46. The number of nitrogen functional groups attached to an aromatic ring is 2. The van der Waals surface area contributed by atoms with Gasteiger partial charge in [-0.15, -0.1) is 0 Å². The molecular formula is C15H18N4. The van der Waals surface area contributed by atoms with E-state index in [0.29, 0.717) is 12.0 Å². The molecule has 2 aliphatic rings. The van der Waals surface area contributed by atoms with Gasteiger partial charge in [-0.1, -0.05) is 6.07 Å². The maximum Gasteiger partial charge on any atom is 0.0953 e. The minimum absolute atomic E-state index is 0.385. The van der Waals surface area contributed by atoms with E-state index in [1.54, 1.807) is 0 Å². The molecule has 1 aromatic carbocycles. The second-order valence-corrected chi connectivity index (χ2v) is 5.69. The summed E-state index contributed by atoms with van der Waals surface area (Å²) in [5.41, 5.74) is 17.7. The predicted molar refractivity (Wildman–Crippen MR) is 75.9 cm³/mol. The fourth-order valence-electron chi connectivity index (χ4n) is 3.32. The summed E-state index contributed by atoms with van der Waals surface area (Å²) in [4.78, 5) is 4.26. The maximum absolute atomic E-state index is 6.24. The largest absolute Gasteiger partial charge is 0.397 e. The zero-order valence-electron chi connectivity index (χ0n) is 10.8. The number of anilines is 2. The number of hydrogen-bond acceptors (Lipinski definition) is 3. The second-order valence-electron chi connectivity index (χ2n) is 5.69. The van der Waals surface area contributed by atoms with Crippen molar-refractivity contribution < 1.29 is 0 Å². The molecule has 0 amide bonds. The number of imidazole rings is 1. The molecule has 1 aliphatic carbocycles. The van der Waals surface area contributed by atoms with Crippen LogP contribution < -0.4 is 11.5 Å². The van der Waals surface area contributed by atoms with Gasteiger partial charge in [0.25, 0.3) is 0 Å². The number of hydrogen-bond donors (Lipinski definition) is 2. The highest BCUT2D eigenvalue weighted by Gasteiger charge is 2.33. The number of fused-ring (bicyclic) bond motifs is 1. The molecule has 4 rings (SSSR count). The highest BCUT2D eigenvalue weighted by atomic mass is 15.1. The number of nitrogens with two attached hydrogens (primary N) is 2. The molecule has 2 aromatic rings. The third kappa shape index (κ3) is 1.56. The number of aromatic nitrogens is 2. The Hall–Kier alpha value is -1.97. The maximum atomic E-state index is 6.24. The summed E-state index contributed by atoms with van der Waals surface area (Å²) >= 11 is 0. The van der Waals surface area contributed by atoms with Gasteiger partial charge in [0.1, 0.15) is 0 Å². The van der Waals surface area contributed by atoms with E-state index < -0.39 is 0 Å². The van der Waals surface area contributed by atoms with Crippen LogP contribution in [0.2, 0.25) is 0 Å². The Kier molecular flexibility index (Phi) is 2.16. The van der Waals surface area contributed by atoms with Crippen molar-refractivity contribution in [3.05, 3.63) is 41.5 Å². The van der Waals surface area contributed by atoms with Gasteiger partial charge in [-0.2, -0.15) is 0 Å². The number of rotatable bonds is 2. The third-order valence-electron chi connectivity index (χ3n) is 4.46. The van der Waals surface area contributed by atoms with Gasteiger partial charge in [-0.05, 0) is 48.8 Å². The van der Waals surface area contributed by atoms with Crippen LogP contribution in [0.1, 0.15) is 48.0 Å². The highest BCUT2D eigenvalue weighted by molar-refractivity contribution is 5.71. The van der Waals surface area contributed by atoms with E-state index in [-0.39, 0.29) is 0 Å². The Balaban J connectivity index is 1.86. The lowest BCUT2D eigenvalue weighted by Gasteiger charge is -2.20. The first kappa shape index (κ1) is 10.9. The molecule has 1 saturated carbocycles. The predicted octanol–water partition coefficient (Wildman–Crippen LogP) is 2.46. The monoisotopic (exact) mass is 254 g/mol. The van der Waals surface area contributed by atoms with Crippen molar-refractivity contribution in [2.24, 2.45) is 0 Å². The van der Waals surface area contributed by atoms with Gasteiger partial charge < -0.3 is 16.0 Å². The molecular weight excluding hydrogens is 236 g/mol. The second kappa shape index (κ2) is 3.76.